The molecule has 71 heavy (non-hydrogen) atoms. The normalized spacial score (nSPS) is 22.2. The van der Waals surface area contributed by atoms with E-state index in [1.165, 1.54) is 0 Å². The summed E-state index contributed by atoms with van der Waals surface area (Å²) in [5.41, 5.74) is 0. The van der Waals surface area contributed by atoms with Crippen molar-refractivity contribution in [1.82, 2.24) is 0 Å². The Hall–Kier alpha value is -8.41. The van der Waals surface area contributed by atoms with Crippen LogP contribution < -0.4 is 28.4 Å². The number of hydrogen-bond acceptors (Lipinski definition) is 18. The van der Waals surface area contributed by atoms with E-state index in [2.05, 4.69) is 37.0 Å². The van der Waals surface area contributed by atoms with Gasteiger partial charge < -0.3 is 57.0 Å². The predicted octanol–water partition coefficient (Wildman–Crippen LogP) is 10.9. The fraction of sp³-hybridized carbons (Fsp3) is 0.160. The van der Waals surface area contributed by atoms with Crippen LogP contribution in [0.5, 0.6) is 34.5 Å². The molecule has 0 fully saturated rings. The van der Waals surface area contributed by atoms with Gasteiger partial charge in [-0.05, 0) is 60.7 Å². The van der Waals surface area contributed by atoms with Crippen molar-refractivity contribution in [2.45, 2.75) is 52.2 Å². The van der Waals surface area contributed by atoms with E-state index >= 15 is 0 Å². The molecular weight excluding hydrogens is 954 g/mol. The summed E-state index contributed by atoms with van der Waals surface area (Å²) in [6, 6.07) is 53.3. The minimum Gasteiger partial charge on any atom is -0.537 e. The molecule has 0 saturated carbocycles. The molecule has 0 radical (unpaired) electrons. The summed E-state index contributed by atoms with van der Waals surface area (Å²) in [5.74, 6) is -0.485. The first-order chi connectivity index (χ1) is 34.5. The molecule has 18 nitrogen and oxygen atoms in total. The van der Waals surface area contributed by atoms with E-state index in [0.29, 0.717) is 54.4 Å². The number of ether oxygens (including phenoxy) is 6. The van der Waals surface area contributed by atoms with Crippen LogP contribution in [0.15, 0.2) is 207 Å². The molecule has 0 aliphatic carbocycles. The molecule has 3 aliphatic heterocycles. The summed E-state index contributed by atoms with van der Waals surface area (Å²) in [4.78, 5) is 0. The largest absolute Gasteiger partial charge is 2.00 e. The van der Waals surface area contributed by atoms with Gasteiger partial charge in [0.1, 0.15) is 28.7 Å². The number of unbranched alkanes of at least 4 members (excludes halogenated alkanes) is 2. The summed E-state index contributed by atoms with van der Waals surface area (Å²) >= 11 is 0. The van der Waals surface area contributed by atoms with Crippen LogP contribution in [0.3, 0.4) is 0 Å². The molecule has 6 aromatic carbocycles. The maximum absolute atomic E-state index is 6.43. The van der Waals surface area contributed by atoms with E-state index in [1.807, 2.05) is 44.2 Å². The molecule has 0 N–H and O–H groups in total. The van der Waals surface area contributed by atoms with Gasteiger partial charge in [-0.1, -0.05) is 174 Å². The second-order valence-corrected chi connectivity index (χ2v) is 15.3. The van der Waals surface area contributed by atoms with Crippen LogP contribution in [0.2, 0.25) is 12.6 Å². The first kappa shape index (κ1) is 50.5. The third-order valence-electron chi connectivity index (χ3n) is 9.83. The van der Waals surface area contributed by atoms with E-state index in [4.69, 9.17) is 57.0 Å². The molecule has 6 aromatic rings. The minimum atomic E-state index is -3.40. The summed E-state index contributed by atoms with van der Waals surface area (Å²) in [7, 11) is 0. The van der Waals surface area contributed by atoms with Crippen molar-refractivity contribution < 1.29 is 75.4 Å². The number of fused-ring (bicyclic) bond motifs is 9. The Kier molecular flexibility index (Phi) is 18.3. The van der Waals surface area contributed by atoms with Crippen LogP contribution in [0.25, 0.3) is 0 Å². The smallest absolute Gasteiger partial charge is 0.537 e. The van der Waals surface area contributed by atoms with E-state index < -0.39 is 19.4 Å². The van der Waals surface area contributed by atoms with Gasteiger partial charge in [-0.2, -0.15) is 18.2 Å². The quantitative estimate of drug-likeness (QED) is 0.0836. The molecule has 0 unspecified atom stereocenters. The van der Waals surface area contributed by atoms with Crippen LogP contribution in [-0.4, -0.2) is 48.9 Å². The van der Waals surface area contributed by atoms with Crippen LogP contribution in [-0.2, 0) is 45.6 Å². The second-order valence-electron chi connectivity index (χ2n) is 15.3. The van der Waals surface area contributed by atoms with E-state index in [0.717, 1.165) is 0 Å². The number of rotatable bonds is 12. The van der Waals surface area contributed by atoms with Crippen LogP contribution >= 0.6 is 0 Å². The molecule has 3 heterocycles. The third kappa shape index (κ3) is 14.8. The zero-order valence-corrected chi connectivity index (χ0v) is 39.7. The monoisotopic (exact) mass is 1000 g/mol. The molecule has 3 aliphatic rings. The van der Waals surface area contributed by atoms with Gasteiger partial charge in [0.2, 0.25) is 0 Å². The molecule has 0 saturated heterocycles. The molecule has 9 rings (SSSR count). The van der Waals surface area contributed by atoms with Crippen molar-refractivity contribution in [3.05, 3.63) is 182 Å². The van der Waals surface area contributed by atoms with Crippen molar-refractivity contribution in [3.63, 3.8) is 0 Å². The number of oxime groups is 6. The standard InChI is InChI=1S/C50H47B2N6O12.Fe/c1-3-5-37-51-65-53-45(59-39-25-13-7-14-26-39)48(62-42-31-19-10-20-32-42)56-68-52(38-6-4-2,69-57-49(63-43-33-21-11-22-34-43)46(54-66-51)60-40-27-15-8-16-28-40)70-58-50(64-44-35-23-12-24-36-44)47(55-67-51)61-41-29-17-9-18-30-41;/h7-23,25-36H,3-6,37-38H2,1-2H3;/q-3;+2/p+1/b53-45-,54-46-,55-47-,56-48-,57-49-,58-50-;. The maximum atomic E-state index is 6.43. The van der Waals surface area contributed by atoms with E-state index in [-0.39, 0.29) is 66.4 Å². The molecular formula is C50H48B2FeN6O12. The van der Waals surface area contributed by atoms with Gasteiger partial charge in [-0.3, -0.25) is 0 Å². The van der Waals surface area contributed by atoms with Gasteiger partial charge in [0.15, 0.2) is 0 Å². The Bertz CT molecular complexity index is 2300. The SMILES string of the molecule is CCCC[B-]12O/N=C(Oc3c[c-]ccc3)/C(Oc3ccccc3)=N/O[B-](CCCC)(O/N=C(Oc3ccccc3)/C(Oc3ccccc3)=N/O1)O/N=C(Oc1ccccc1)/C(Oc1ccccc1)=N/O2.[Fe+2].[H+]. The maximum Gasteiger partial charge on any atom is 2.00 e. The van der Waals surface area contributed by atoms with E-state index in [1.54, 1.807) is 146 Å². The zero-order chi connectivity index (χ0) is 48.1. The Morgan fingerprint density at radius 2 is 0.606 bits per heavy atom. The van der Waals surface area contributed by atoms with Crippen LogP contribution in [0.4, 0.5) is 0 Å². The predicted molar refractivity (Wildman–Crippen MR) is 264 cm³/mol. The van der Waals surface area contributed by atoms with Crippen molar-refractivity contribution in [1.29, 1.82) is 0 Å². The molecule has 21 heteroatoms. The van der Waals surface area contributed by atoms with Crippen LogP contribution in [0.1, 0.15) is 41.0 Å². The third-order valence-corrected chi connectivity index (χ3v) is 9.83. The Balaban J connectivity index is 0.00000423. The topological polar surface area (TPSA) is 185 Å². The molecule has 364 valence electrons. The van der Waals surface area contributed by atoms with Gasteiger partial charge in [-0.15, -0.1) is 12.1 Å². The molecule has 0 amide bonds. The Labute approximate surface area is 422 Å². The van der Waals surface area contributed by atoms with Gasteiger partial charge in [0, 0.05) is 5.75 Å². The summed E-state index contributed by atoms with van der Waals surface area (Å²) in [5, 5.41) is 27.0. The van der Waals surface area contributed by atoms with Crippen molar-refractivity contribution in [3.8, 4) is 34.5 Å². The van der Waals surface area contributed by atoms with Crippen molar-refractivity contribution in [2.75, 3.05) is 0 Å². The zero-order valence-electron chi connectivity index (χ0n) is 39.6. The van der Waals surface area contributed by atoms with Gasteiger partial charge in [-0.25, -0.2) is 0 Å². The number of nitrogens with zero attached hydrogens (tertiary/aromatic N) is 6. The molecule has 0 atom stereocenters. The first-order valence-electron chi connectivity index (χ1n) is 22.7. The van der Waals surface area contributed by atoms with Crippen LogP contribution in [0, 0.1) is 6.07 Å². The van der Waals surface area contributed by atoms with Gasteiger partial charge in [0.25, 0.3) is 0 Å². The second kappa shape index (κ2) is 25.8. The average molecular weight is 1000 g/mol. The number of hydrogen-bond donors (Lipinski definition) is 0. The molecule has 0 aromatic heterocycles. The fourth-order valence-corrected chi connectivity index (χ4v) is 6.27. The molecule has 0 spiro atoms. The Morgan fingerprint density at radius 1 is 0.366 bits per heavy atom. The van der Waals surface area contributed by atoms with Crippen molar-refractivity contribution in [2.24, 2.45) is 30.9 Å². The number of para-hydroxylation sites is 5. The first-order valence-corrected chi connectivity index (χ1v) is 22.7. The average Bonchev–Trinajstić information content (AvgIpc) is 3.41. The number of benzene rings is 6. The van der Waals surface area contributed by atoms with E-state index in [9.17, 15) is 0 Å². The van der Waals surface area contributed by atoms with Gasteiger partial charge in [0.05, 0.1) is 0 Å². The summed E-state index contributed by atoms with van der Waals surface area (Å²) in [6.07, 6.45) is 1.89. The minimum absolute atomic E-state index is 0. The van der Waals surface area contributed by atoms with Gasteiger partial charge >= 0.3 is 67.4 Å². The van der Waals surface area contributed by atoms with Crippen molar-refractivity contribution >= 4 is 48.9 Å². The molecule has 2 bridgehead atoms. The summed E-state index contributed by atoms with van der Waals surface area (Å²) < 4.78 is 76.7. The summed E-state index contributed by atoms with van der Waals surface area (Å²) in [6.45, 7) is -2.90. The fourth-order valence-electron chi connectivity index (χ4n) is 6.27. The Morgan fingerprint density at radius 3 is 0.831 bits per heavy atom.